The number of benzene rings is 3. The summed E-state index contributed by atoms with van der Waals surface area (Å²) >= 11 is 0. The van der Waals surface area contributed by atoms with Crippen molar-refractivity contribution in [2.24, 2.45) is 11.5 Å². The molecule has 3 aromatic carbocycles. The first-order valence-electron chi connectivity index (χ1n) is 24.4. The highest BCUT2D eigenvalue weighted by Gasteiger charge is 2.39. The van der Waals surface area contributed by atoms with Gasteiger partial charge in [0, 0.05) is 48.4 Å². The van der Waals surface area contributed by atoms with Crippen molar-refractivity contribution in [1.82, 2.24) is 41.8 Å². The van der Waals surface area contributed by atoms with Gasteiger partial charge >= 0.3 is 0 Å². The third-order valence-electron chi connectivity index (χ3n) is 12.4. The van der Waals surface area contributed by atoms with Crippen LogP contribution >= 0.6 is 21.6 Å². The largest absolute Gasteiger partial charge is 0.394 e. The average Bonchev–Trinajstić information content (AvgIpc) is 3.78. The van der Waals surface area contributed by atoms with E-state index in [1.54, 1.807) is 60.8 Å². The Morgan fingerprint density at radius 1 is 0.730 bits per heavy atom. The van der Waals surface area contributed by atoms with E-state index in [1.807, 2.05) is 30.3 Å². The summed E-state index contributed by atoms with van der Waals surface area (Å²) in [5, 5.41) is 48.5. The zero-order chi connectivity index (χ0) is 53.9. The molecule has 0 bridgehead atoms. The van der Waals surface area contributed by atoms with E-state index < -0.39 is 114 Å². The van der Waals surface area contributed by atoms with Crippen LogP contribution in [0.4, 0.5) is 0 Å². The zero-order valence-electron chi connectivity index (χ0n) is 41.5. The molecule has 10 atom stereocenters. The topological polar surface area (TPSA) is 340 Å². The number of para-hydroxylation sites is 1. The molecule has 23 heteroatoms. The van der Waals surface area contributed by atoms with Crippen molar-refractivity contribution in [3.63, 3.8) is 0 Å². The van der Waals surface area contributed by atoms with Gasteiger partial charge in [-0.3, -0.25) is 43.3 Å². The summed E-state index contributed by atoms with van der Waals surface area (Å²) in [5.74, 6) is -7.60. The number of aliphatic hydroxyl groups excluding tert-OH is 3. The van der Waals surface area contributed by atoms with Gasteiger partial charge in [0.05, 0.1) is 30.9 Å². The maximum absolute atomic E-state index is 14.8. The predicted molar refractivity (Wildman–Crippen MR) is 281 cm³/mol. The van der Waals surface area contributed by atoms with Gasteiger partial charge in [-0.05, 0) is 68.8 Å². The van der Waals surface area contributed by atoms with Crippen molar-refractivity contribution in [1.29, 1.82) is 0 Å². The summed E-state index contributed by atoms with van der Waals surface area (Å²) in [5.41, 5.74) is 14.9. The molecule has 1 fully saturated rings. The first kappa shape index (κ1) is 58.5. The van der Waals surface area contributed by atoms with Crippen LogP contribution < -0.4 is 43.4 Å². The summed E-state index contributed by atoms with van der Waals surface area (Å²) < 4.78 is 0. The number of amides is 8. The van der Waals surface area contributed by atoms with Gasteiger partial charge in [-0.15, -0.1) is 0 Å². The number of nitrogens with zero attached hydrogens (tertiary/aromatic N) is 1. The smallest absolute Gasteiger partial charge is 0.253 e. The molecule has 0 unspecified atom stereocenters. The molecule has 21 nitrogen and oxygen atoms in total. The molecule has 0 spiro atoms. The van der Waals surface area contributed by atoms with E-state index in [9.17, 15) is 53.7 Å². The molecular formula is C51H68N10O11S2. The number of fused-ring (bicyclic) bond motifs is 1. The van der Waals surface area contributed by atoms with Crippen molar-refractivity contribution >= 4 is 79.7 Å². The molecule has 1 aliphatic rings. The van der Waals surface area contributed by atoms with Crippen molar-refractivity contribution in [2.75, 3.05) is 24.7 Å². The Morgan fingerprint density at radius 2 is 1.31 bits per heavy atom. The summed E-state index contributed by atoms with van der Waals surface area (Å²) in [4.78, 5) is 118. The Kier molecular flexibility index (Phi) is 22.9. The number of hydrogen-bond donors (Lipinski definition) is 12. The molecule has 0 saturated carbocycles. The number of aromatic amines is 1. The molecule has 400 valence electrons. The van der Waals surface area contributed by atoms with Crippen LogP contribution in [-0.4, -0.2) is 158 Å². The number of nitrogens with two attached hydrogens (primary N) is 2. The molecule has 2 heterocycles. The van der Waals surface area contributed by atoms with E-state index in [2.05, 4.69) is 36.9 Å². The number of unbranched alkanes of at least 4 members (excludes halogenated alkanes) is 1. The number of rotatable bonds is 17. The fourth-order valence-electron chi connectivity index (χ4n) is 8.29. The monoisotopic (exact) mass is 1060 g/mol. The van der Waals surface area contributed by atoms with Crippen LogP contribution in [0.25, 0.3) is 10.9 Å². The molecule has 1 aromatic heterocycles. The molecule has 8 amide bonds. The highest BCUT2D eigenvalue weighted by Crippen LogP contribution is 2.25. The van der Waals surface area contributed by atoms with Crippen molar-refractivity contribution in [3.8, 4) is 0 Å². The molecule has 1 saturated heterocycles. The van der Waals surface area contributed by atoms with Gasteiger partial charge in [0.15, 0.2) is 0 Å². The van der Waals surface area contributed by atoms with E-state index in [0.29, 0.717) is 28.9 Å². The van der Waals surface area contributed by atoms with Crippen molar-refractivity contribution in [3.05, 3.63) is 108 Å². The number of imide groups is 1. The predicted octanol–water partition coefficient (Wildman–Crippen LogP) is -0.546. The Labute approximate surface area is 437 Å². The van der Waals surface area contributed by atoms with Crippen LogP contribution in [0.2, 0.25) is 0 Å². The fraction of sp³-hybridized carbons (Fsp3) is 0.451. The Balaban J connectivity index is 1.60. The molecule has 5 rings (SSSR count). The van der Waals surface area contributed by atoms with E-state index >= 15 is 0 Å². The fourth-order valence-corrected chi connectivity index (χ4v) is 10.6. The Morgan fingerprint density at radius 3 is 1.93 bits per heavy atom. The van der Waals surface area contributed by atoms with Crippen LogP contribution in [0.15, 0.2) is 91.1 Å². The molecule has 1 aliphatic heterocycles. The number of hydrogen-bond acceptors (Lipinski definition) is 15. The molecule has 0 radical (unpaired) electrons. The summed E-state index contributed by atoms with van der Waals surface area (Å²) in [7, 11) is 1.91. The van der Waals surface area contributed by atoms with Crippen molar-refractivity contribution in [2.45, 2.75) is 120 Å². The minimum absolute atomic E-state index is 0.00405. The first-order valence-corrected chi connectivity index (χ1v) is 26.9. The van der Waals surface area contributed by atoms with E-state index in [1.165, 1.54) is 13.8 Å². The number of carbonyl (C=O) groups excluding carboxylic acids is 8. The SMILES string of the molecule is CC(=O)N(C(=O)[C@@H]1CSSC[C@H](NC(=O)[C@H](N)Cc2ccccc2)C(=O)N[C@@H](Cc2ccccc2)C(=O)N[C@H](Cc2c[nH]c3ccccc23)C(=O)N[C@@H](CCCCN)C(=O)N[C@@H]([C@@H](C)O)C(=O)N1)[C@H](CO)[C@@H](C)O. The number of carbonyl (C=O) groups is 8. The second kappa shape index (κ2) is 28.9. The summed E-state index contributed by atoms with van der Waals surface area (Å²) in [6, 6.07) is 13.6. The maximum Gasteiger partial charge on any atom is 0.253 e. The maximum atomic E-state index is 14.8. The average molecular weight is 1060 g/mol. The highest BCUT2D eigenvalue weighted by molar-refractivity contribution is 8.76. The molecule has 14 N–H and O–H groups in total. The van der Waals surface area contributed by atoms with Gasteiger partial charge in [-0.2, -0.15) is 0 Å². The third-order valence-corrected chi connectivity index (χ3v) is 14.8. The second-order valence-electron chi connectivity index (χ2n) is 18.2. The van der Waals surface area contributed by atoms with Crippen molar-refractivity contribution < 1.29 is 53.7 Å². The van der Waals surface area contributed by atoms with Crippen LogP contribution in [0.5, 0.6) is 0 Å². The lowest BCUT2D eigenvalue weighted by Gasteiger charge is -2.33. The van der Waals surface area contributed by atoms with Crippen LogP contribution in [0, 0.1) is 0 Å². The van der Waals surface area contributed by atoms with Gasteiger partial charge < -0.3 is 63.7 Å². The van der Waals surface area contributed by atoms with Gasteiger partial charge in [-0.1, -0.05) is 100 Å². The second-order valence-corrected chi connectivity index (χ2v) is 20.7. The first-order chi connectivity index (χ1) is 35.4. The summed E-state index contributed by atoms with van der Waals surface area (Å²) in [6.07, 6.45) is -0.641. The molecule has 74 heavy (non-hydrogen) atoms. The van der Waals surface area contributed by atoms with E-state index in [0.717, 1.165) is 45.0 Å². The van der Waals surface area contributed by atoms with Gasteiger partial charge in [-0.25, -0.2) is 0 Å². The lowest BCUT2D eigenvalue weighted by Crippen LogP contribution is -2.63. The summed E-state index contributed by atoms with van der Waals surface area (Å²) in [6.45, 7) is 2.90. The van der Waals surface area contributed by atoms with Gasteiger partial charge in [0.2, 0.25) is 41.4 Å². The standard InChI is InChI=1S/C51H68N10O11S2/c1-29(63)43(26-62)61(31(3)65)51(72)42-28-74-73-27-41(58-45(66)36(53)22-32-14-6-4-7-15-32)49(70)56-39(23-33-16-8-5-9-17-33)47(68)57-40(24-34-25-54-37-19-11-10-18-35(34)37)48(69)55-38(20-12-13-21-52)46(67)60-44(30(2)64)50(71)59-42/h4-11,14-19,25,29-30,36,38-44,54,62-64H,12-13,20-24,26-28,52-53H2,1-3H3,(H,55,69)(H,56,70)(H,57,68)(H,58,66)(H,59,71)(H,60,67)/t29-,30-,36-,38+,39+,40-,41+,42+,43-,44+/m1/s1. The zero-order valence-corrected chi connectivity index (χ0v) is 43.2. The Hall–Kier alpha value is -6.34. The highest BCUT2D eigenvalue weighted by atomic mass is 33.1. The number of aliphatic hydroxyl groups is 3. The van der Waals surface area contributed by atoms with E-state index in [4.69, 9.17) is 11.5 Å². The third kappa shape index (κ3) is 16.8. The van der Waals surface area contributed by atoms with Gasteiger partial charge in [0.1, 0.15) is 36.3 Å². The molecule has 0 aliphatic carbocycles. The molecule has 4 aromatic rings. The van der Waals surface area contributed by atoms with Gasteiger partial charge in [0.25, 0.3) is 5.91 Å². The minimum atomic E-state index is -1.75. The van der Waals surface area contributed by atoms with Crippen LogP contribution in [-0.2, 0) is 57.6 Å². The molecular weight excluding hydrogens is 993 g/mol. The minimum Gasteiger partial charge on any atom is -0.394 e. The Bertz CT molecular complexity index is 2540. The normalized spacial score (nSPS) is 22.4. The van der Waals surface area contributed by atoms with Crippen LogP contribution in [0.3, 0.4) is 0 Å². The van der Waals surface area contributed by atoms with Crippen LogP contribution in [0.1, 0.15) is 56.7 Å². The lowest BCUT2D eigenvalue weighted by molar-refractivity contribution is -0.153. The van der Waals surface area contributed by atoms with E-state index in [-0.39, 0.29) is 43.7 Å². The number of aromatic nitrogens is 1. The number of nitrogens with one attached hydrogen (secondary N) is 7. The lowest BCUT2D eigenvalue weighted by atomic mass is 10.0. The number of H-pyrrole nitrogens is 1. The quantitative estimate of drug-likeness (QED) is 0.0467.